The molecular weight excluding hydrogens is 228 g/mol. The summed E-state index contributed by atoms with van der Waals surface area (Å²) in [6.45, 7) is 9.05. The minimum Gasteiger partial charge on any atom is -0.323 e. The highest BCUT2D eigenvalue weighted by molar-refractivity contribution is 5.91. The van der Waals surface area contributed by atoms with E-state index in [1.807, 2.05) is 27.1 Å². The molecule has 1 unspecified atom stereocenters. The van der Waals surface area contributed by atoms with Gasteiger partial charge in [-0.15, -0.1) is 0 Å². The predicted octanol–water partition coefficient (Wildman–Crippen LogP) is 1.87. The lowest BCUT2D eigenvalue weighted by Gasteiger charge is -2.12. The first-order chi connectivity index (χ1) is 8.43. The van der Waals surface area contributed by atoms with Crippen LogP contribution in [0.15, 0.2) is 6.20 Å². The maximum atomic E-state index is 11.9. The number of nitrogens with one attached hydrogen (secondary N) is 2. The molecule has 2 N–H and O–H groups in total. The number of aryl methyl sites for hydroxylation is 1. The zero-order valence-corrected chi connectivity index (χ0v) is 11.9. The van der Waals surface area contributed by atoms with Crippen molar-refractivity contribution in [1.29, 1.82) is 0 Å². The van der Waals surface area contributed by atoms with E-state index in [0.29, 0.717) is 12.3 Å². The van der Waals surface area contributed by atoms with Crippen LogP contribution in [0.25, 0.3) is 0 Å². The first kappa shape index (κ1) is 14.7. The molecule has 1 atom stereocenters. The fraction of sp³-hybridized carbons (Fsp3) is 0.692. The summed E-state index contributed by atoms with van der Waals surface area (Å²) in [4.78, 5) is 11.9. The van der Waals surface area contributed by atoms with Gasteiger partial charge in [0.15, 0.2) is 0 Å². The van der Waals surface area contributed by atoms with Crippen molar-refractivity contribution in [3.63, 3.8) is 0 Å². The fourth-order valence-corrected chi connectivity index (χ4v) is 1.93. The summed E-state index contributed by atoms with van der Waals surface area (Å²) in [5.74, 6) is 0.325. The Kier molecular flexibility index (Phi) is 5.34. The average Bonchev–Trinajstić information content (AvgIpc) is 2.59. The second-order valence-corrected chi connectivity index (χ2v) is 4.97. The molecule has 1 rings (SSSR count). The Bertz CT molecular complexity index is 398. The molecule has 0 saturated heterocycles. The average molecular weight is 252 g/mol. The first-order valence-corrected chi connectivity index (χ1v) is 6.50. The molecule has 0 bridgehead atoms. The Labute approximate surface area is 109 Å². The molecule has 5 heteroatoms. The predicted molar refractivity (Wildman–Crippen MR) is 73.7 cm³/mol. The number of aromatic nitrogens is 2. The number of hydrogen-bond donors (Lipinski definition) is 2. The van der Waals surface area contributed by atoms with Crippen molar-refractivity contribution in [2.75, 3.05) is 11.9 Å². The van der Waals surface area contributed by atoms with Crippen molar-refractivity contribution in [2.45, 2.75) is 46.1 Å². The van der Waals surface area contributed by atoms with Crippen molar-refractivity contribution in [1.82, 2.24) is 15.1 Å². The van der Waals surface area contributed by atoms with E-state index in [1.165, 1.54) is 0 Å². The molecule has 1 aromatic heterocycles. The summed E-state index contributed by atoms with van der Waals surface area (Å²) >= 11 is 0. The minimum absolute atomic E-state index is 0.0263. The lowest BCUT2D eigenvalue weighted by Crippen LogP contribution is -2.30. The van der Waals surface area contributed by atoms with Crippen LogP contribution in [-0.4, -0.2) is 28.3 Å². The zero-order chi connectivity index (χ0) is 13.7. The van der Waals surface area contributed by atoms with Gasteiger partial charge in [0.1, 0.15) is 0 Å². The van der Waals surface area contributed by atoms with Crippen molar-refractivity contribution >= 4 is 11.6 Å². The molecule has 18 heavy (non-hydrogen) atoms. The van der Waals surface area contributed by atoms with Gasteiger partial charge < -0.3 is 10.6 Å². The minimum atomic E-state index is 0.0263. The Morgan fingerprint density at radius 2 is 2.11 bits per heavy atom. The van der Waals surface area contributed by atoms with Gasteiger partial charge in [0, 0.05) is 25.7 Å². The van der Waals surface area contributed by atoms with E-state index >= 15 is 0 Å². The number of amides is 1. The summed E-state index contributed by atoms with van der Waals surface area (Å²) in [5.41, 5.74) is 1.75. The van der Waals surface area contributed by atoms with Crippen LogP contribution >= 0.6 is 0 Å². The van der Waals surface area contributed by atoms with Gasteiger partial charge in [-0.05, 0) is 19.4 Å². The smallest absolute Gasteiger partial charge is 0.226 e. The summed E-state index contributed by atoms with van der Waals surface area (Å²) in [6.07, 6.45) is 2.32. The van der Waals surface area contributed by atoms with E-state index in [0.717, 1.165) is 17.9 Å². The van der Waals surface area contributed by atoms with Gasteiger partial charge in [-0.3, -0.25) is 9.48 Å². The van der Waals surface area contributed by atoms with E-state index in [-0.39, 0.29) is 11.9 Å². The van der Waals surface area contributed by atoms with Crippen LogP contribution in [-0.2, 0) is 11.8 Å². The molecule has 0 aliphatic rings. The second-order valence-electron chi connectivity index (χ2n) is 4.97. The highest BCUT2D eigenvalue weighted by Gasteiger charge is 2.15. The van der Waals surface area contributed by atoms with E-state index in [1.54, 1.807) is 4.68 Å². The molecule has 0 saturated carbocycles. The molecule has 0 aliphatic heterocycles. The fourth-order valence-electron chi connectivity index (χ4n) is 1.93. The van der Waals surface area contributed by atoms with Crippen LogP contribution in [0.3, 0.4) is 0 Å². The van der Waals surface area contributed by atoms with Crippen LogP contribution in [0.1, 0.15) is 45.7 Å². The quantitative estimate of drug-likeness (QED) is 0.812. The van der Waals surface area contributed by atoms with Gasteiger partial charge in [0.25, 0.3) is 0 Å². The number of carbonyl (C=O) groups is 1. The zero-order valence-electron chi connectivity index (χ0n) is 11.9. The number of carbonyl (C=O) groups excluding carboxylic acids is 1. The summed E-state index contributed by atoms with van der Waals surface area (Å²) in [7, 11) is 1.86. The van der Waals surface area contributed by atoms with Gasteiger partial charge in [0.05, 0.1) is 11.4 Å². The number of rotatable bonds is 6. The Morgan fingerprint density at radius 3 is 2.67 bits per heavy atom. The highest BCUT2D eigenvalue weighted by atomic mass is 16.1. The van der Waals surface area contributed by atoms with Gasteiger partial charge in [-0.1, -0.05) is 20.8 Å². The molecule has 0 aliphatic carbocycles. The largest absolute Gasteiger partial charge is 0.323 e. The van der Waals surface area contributed by atoms with Crippen molar-refractivity contribution in [3.8, 4) is 0 Å². The normalized spacial score (nSPS) is 12.8. The van der Waals surface area contributed by atoms with Crippen LogP contribution in [0, 0.1) is 0 Å². The topological polar surface area (TPSA) is 59.0 Å². The Morgan fingerprint density at radius 1 is 1.44 bits per heavy atom. The van der Waals surface area contributed by atoms with Crippen LogP contribution in [0.2, 0.25) is 0 Å². The maximum Gasteiger partial charge on any atom is 0.226 e. The molecule has 0 aromatic carbocycles. The number of anilines is 1. The molecule has 0 spiro atoms. The van der Waals surface area contributed by atoms with Crippen LogP contribution in [0.5, 0.6) is 0 Å². The van der Waals surface area contributed by atoms with E-state index in [9.17, 15) is 4.79 Å². The lowest BCUT2D eigenvalue weighted by atomic mass is 10.1. The summed E-state index contributed by atoms with van der Waals surface area (Å²) in [6, 6.07) is 0.189. The molecular formula is C13H24N4O. The maximum absolute atomic E-state index is 11.9. The second kappa shape index (κ2) is 6.54. The highest BCUT2D eigenvalue weighted by Crippen LogP contribution is 2.22. The van der Waals surface area contributed by atoms with Gasteiger partial charge >= 0.3 is 0 Å². The lowest BCUT2D eigenvalue weighted by molar-refractivity contribution is -0.116. The van der Waals surface area contributed by atoms with Gasteiger partial charge in [-0.2, -0.15) is 5.10 Å². The molecule has 102 valence electrons. The van der Waals surface area contributed by atoms with Crippen molar-refractivity contribution < 1.29 is 4.79 Å². The van der Waals surface area contributed by atoms with Crippen molar-refractivity contribution in [3.05, 3.63) is 11.9 Å². The third-order valence-electron chi connectivity index (χ3n) is 2.72. The molecule has 0 radical (unpaired) electrons. The Hall–Kier alpha value is -1.36. The molecule has 5 nitrogen and oxygen atoms in total. The first-order valence-electron chi connectivity index (χ1n) is 6.50. The molecule has 1 aromatic rings. The standard InChI is InChI=1S/C13H24N4O/c1-6-14-10(4)7-12(18)15-11-8-17(5)16-13(11)9(2)3/h8-10,14H,6-7H2,1-5H3,(H,15,18). The van der Waals surface area contributed by atoms with Crippen molar-refractivity contribution in [2.24, 2.45) is 7.05 Å². The molecule has 1 heterocycles. The third kappa shape index (κ3) is 4.14. The SMILES string of the molecule is CCNC(C)CC(=O)Nc1cn(C)nc1C(C)C. The molecule has 1 amide bonds. The Balaban J connectivity index is 2.64. The van der Waals surface area contributed by atoms with Crippen LogP contribution < -0.4 is 10.6 Å². The summed E-state index contributed by atoms with van der Waals surface area (Å²) in [5, 5.41) is 10.5. The van der Waals surface area contributed by atoms with Crippen LogP contribution in [0.4, 0.5) is 5.69 Å². The monoisotopic (exact) mass is 252 g/mol. The van der Waals surface area contributed by atoms with E-state index in [2.05, 4.69) is 29.6 Å². The molecule has 0 fully saturated rings. The summed E-state index contributed by atoms with van der Waals surface area (Å²) < 4.78 is 1.73. The van der Waals surface area contributed by atoms with E-state index < -0.39 is 0 Å². The van der Waals surface area contributed by atoms with Gasteiger partial charge in [-0.25, -0.2) is 0 Å². The third-order valence-corrected chi connectivity index (χ3v) is 2.72. The number of hydrogen-bond acceptors (Lipinski definition) is 3. The number of nitrogens with zero attached hydrogens (tertiary/aromatic N) is 2. The van der Waals surface area contributed by atoms with Gasteiger partial charge in [0.2, 0.25) is 5.91 Å². The van der Waals surface area contributed by atoms with E-state index in [4.69, 9.17) is 0 Å².